The van der Waals surface area contributed by atoms with Crippen LogP contribution in [-0.2, 0) is 42.9 Å². The number of rotatable bonds is 6. The molecule has 2 aromatic carbocycles. The predicted molar refractivity (Wildman–Crippen MR) is 135 cm³/mol. The molecule has 1 fully saturated rings. The van der Waals surface area contributed by atoms with Gasteiger partial charge in [-0.3, -0.25) is 9.69 Å². The van der Waals surface area contributed by atoms with E-state index in [9.17, 15) is 18.0 Å². The molecule has 0 aliphatic carbocycles. The molecule has 10 heteroatoms. The number of alkyl halides is 3. The third kappa shape index (κ3) is 4.21. The summed E-state index contributed by atoms with van der Waals surface area (Å²) in [5, 5.41) is 8.17. The summed E-state index contributed by atoms with van der Waals surface area (Å²) in [5.74, 6) is 0.400. The number of hydrogen-bond acceptors (Lipinski definition) is 5. The summed E-state index contributed by atoms with van der Waals surface area (Å²) in [6.07, 6.45) is 1.73. The van der Waals surface area contributed by atoms with Crippen molar-refractivity contribution in [2.24, 2.45) is 7.05 Å². The number of anilines is 1. The molecule has 3 aromatic rings. The number of benzene rings is 2. The number of hydrogen-bond donors (Lipinski definition) is 0. The van der Waals surface area contributed by atoms with Crippen molar-refractivity contribution in [3.8, 4) is 0 Å². The smallest absolute Gasteiger partial charge is 0.379 e. The maximum absolute atomic E-state index is 14.2. The lowest BCUT2D eigenvalue weighted by molar-refractivity contribution is -0.138. The zero-order valence-electron chi connectivity index (χ0n) is 21.2. The molecule has 198 valence electrons. The van der Waals surface area contributed by atoms with Gasteiger partial charge < -0.3 is 14.2 Å². The van der Waals surface area contributed by atoms with Gasteiger partial charge in [-0.15, -0.1) is 10.2 Å². The fourth-order valence-corrected chi connectivity index (χ4v) is 5.64. The van der Waals surface area contributed by atoms with Gasteiger partial charge in [-0.1, -0.05) is 24.3 Å². The zero-order chi connectivity index (χ0) is 26.7. The molecule has 0 bridgehead atoms. The molecule has 1 atom stereocenters. The number of halogens is 3. The van der Waals surface area contributed by atoms with Gasteiger partial charge in [0.25, 0.3) is 5.91 Å². The molecule has 7 nitrogen and oxygen atoms in total. The average Bonchev–Trinajstić information content (AvgIpc) is 3.55. The fourth-order valence-electron chi connectivity index (χ4n) is 5.64. The minimum absolute atomic E-state index is 0.0324. The van der Waals surface area contributed by atoms with Gasteiger partial charge >= 0.3 is 6.18 Å². The number of nitrogens with zero attached hydrogens (tertiary/aromatic N) is 5. The number of amides is 1. The first kappa shape index (κ1) is 24.8. The molecule has 0 N–H and O–H groups in total. The molecule has 6 rings (SSSR count). The van der Waals surface area contributed by atoms with E-state index < -0.39 is 17.6 Å². The Labute approximate surface area is 218 Å². The summed E-state index contributed by atoms with van der Waals surface area (Å²) in [7, 11) is 1.88. The Morgan fingerprint density at radius 1 is 1.18 bits per heavy atom. The second-order valence-electron chi connectivity index (χ2n) is 10.5. The summed E-state index contributed by atoms with van der Waals surface area (Å²) in [4.78, 5) is 17.1. The summed E-state index contributed by atoms with van der Waals surface area (Å²) < 4.78 is 50.0. The first-order valence-corrected chi connectivity index (χ1v) is 12.6. The van der Waals surface area contributed by atoms with Crippen molar-refractivity contribution in [1.29, 1.82) is 0 Å². The van der Waals surface area contributed by atoms with Crippen molar-refractivity contribution < 1.29 is 22.7 Å². The minimum Gasteiger partial charge on any atom is -0.379 e. The maximum atomic E-state index is 14.2. The van der Waals surface area contributed by atoms with E-state index in [1.807, 2.05) is 48.9 Å². The third-order valence-corrected chi connectivity index (χ3v) is 7.95. The lowest BCUT2D eigenvalue weighted by Gasteiger charge is -2.42. The molecule has 0 spiro atoms. The Kier molecular flexibility index (Phi) is 5.92. The molecule has 3 aliphatic heterocycles. The Balaban J connectivity index is 1.32. The highest BCUT2D eigenvalue weighted by atomic mass is 19.4. The van der Waals surface area contributed by atoms with Crippen molar-refractivity contribution in [3.05, 3.63) is 88.5 Å². The van der Waals surface area contributed by atoms with E-state index in [1.54, 1.807) is 18.5 Å². The van der Waals surface area contributed by atoms with Gasteiger partial charge in [0.15, 0.2) is 0 Å². The van der Waals surface area contributed by atoms with Gasteiger partial charge in [0.1, 0.15) is 12.2 Å². The van der Waals surface area contributed by atoms with E-state index >= 15 is 0 Å². The van der Waals surface area contributed by atoms with Gasteiger partial charge in [0.05, 0.1) is 25.3 Å². The highest BCUT2D eigenvalue weighted by Crippen LogP contribution is 2.42. The molecule has 0 unspecified atom stereocenters. The van der Waals surface area contributed by atoms with Crippen molar-refractivity contribution in [2.45, 2.75) is 44.1 Å². The molecular formula is C28H28F3N5O2. The predicted octanol–water partition coefficient (Wildman–Crippen LogP) is 4.27. The summed E-state index contributed by atoms with van der Waals surface area (Å²) in [5.41, 5.74) is 1.11. The van der Waals surface area contributed by atoms with Crippen LogP contribution in [0, 0.1) is 0 Å². The van der Waals surface area contributed by atoms with Gasteiger partial charge in [-0.05, 0) is 47.9 Å². The van der Waals surface area contributed by atoms with Crippen molar-refractivity contribution >= 4 is 11.6 Å². The summed E-state index contributed by atoms with van der Waals surface area (Å²) >= 11 is 0. The second-order valence-corrected chi connectivity index (χ2v) is 10.5. The molecule has 1 amide bonds. The number of aromatic nitrogens is 3. The van der Waals surface area contributed by atoms with E-state index in [1.165, 1.54) is 11.0 Å². The largest absolute Gasteiger partial charge is 0.416 e. The Morgan fingerprint density at radius 2 is 2.00 bits per heavy atom. The summed E-state index contributed by atoms with van der Waals surface area (Å²) in [6.45, 7) is 3.88. The second kappa shape index (κ2) is 9.06. The Hall–Kier alpha value is -3.50. The molecule has 1 aromatic heterocycles. The highest BCUT2D eigenvalue weighted by molar-refractivity contribution is 6.10. The highest BCUT2D eigenvalue weighted by Gasteiger charge is 2.43. The SMILES string of the molecule is C[C@H]1C=CCN1Cc1cc2c(c(C(F)(F)F)c1)CN(c1cccc(C3(Cc4nncn4C)COC3)c1)C2=O. The molecule has 1 saturated heterocycles. The lowest BCUT2D eigenvalue weighted by Crippen LogP contribution is -2.49. The monoisotopic (exact) mass is 523 g/mol. The Bertz CT molecular complexity index is 1430. The maximum Gasteiger partial charge on any atom is 0.416 e. The molecular weight excluding hydrogens is 495 g/mol. The van der Waals surface area contributed by atoms with Crippen molar-refractivity contribution in [3.63, 3.8) is 0 Å². The van der Waals surface area contributed by atoms with E-state index in [0.717, 1.165) is 11.4 Å². The third-order valence-electron chi connectivity index (χ3n) is 7.95. The first-order chi connectivity index (χ1) is 18.1. The van der Waals surface area contributed by atoms with Crippen LogP contribution in [0.25, 0.3) is 0 Å². The van der Waals surface area contributed by atoms with E-state index in [4.69, 9.17) is 4.74 Å². The number of carbonyl (C=O) groups is 1. The molecule has 0 saturated carbocycles. The van der Waals surface area contributed by atoms with Crippen LogP contribution in [0.4, 0.5) is 18.9 Å². The molecule has 3 aliphatic rings. The molecule has 38 heavy (non-hydrogen) atoms. The van der Waals surface area contributed by atoms with Crippen molar-refractivity contribution in [2.75, 3.05) is 24.7 Å². The van der Waals surface area contributed by atoms with Crippen LogP contribution in [0.15, 0.2) is 54.9 Å². The van der Waals surface area contributed by atoms with Gasteiger partial charge in [-0.2, -0.15) is 13.2 Å². The number of carbonyl (C=O) groups excluding carboxylic acids is 1. The van der Waals surface area contributed by atoms with Crippen LogP contribution in [0.3, 0.4) is 0 Å². The van der Waals surface area contributed by atoms with E-state index in [2.05, 4.69) is 15.1 Å². The zero-order valence-corrected chi connectivity index (χ0v) is 21.2. The summed E-state index contributed by atoms with van der Waals surface area (Å²) in [6, 6.07) is 10.5. The van der Waals surface area contributed by atoms with Crippen LogP contribution < -0.4 is 4.90 Å². The number of aryl methyl sites for hydroxylation is 1. The quantitative estimate of drug-likeness (QED) is 0.452. The van der Waals surface area contributed by atoms with E-state index in [0.29, 0.717) is 44.0 Å². The normalized spacial score (nSPS) is 20.7. The van der Waals surface area contributed by atoms with Gasteiger partial charge in [0.2, 0.25) is 0 Å². The van der Waals surface area contributed by atoms with Crippen LogP contribution in [0.2, 0.25) is 0 Å². The van der Waals surface area contributed by atoms with Gasteiger partial charge in [0, 0.05) is 49.3 Å². The standard InChI is InChI=1S/C28H28F3N5O2/c1-18-5-4-8-35(18)13-19-9-22-23(24(10-19)28(29,30)31)14-36(26(22)37)21-7-3-6-20(11-21)27(15-38-16-27)12-25-33-32-17-34(25)2/h3-7,9-11,17-18H,8,12-16H2,1-2H3/t18-/m0/s1. The topological polar surface area (TPSA) is 63.5 Å². The number of fused-ring (bicyclic) bond motifs is 1. The average molecular weight is 524 g/mol. The van der Waals surface area contributed by atoms with Crippen LogP contribution in [-0.4, -0.2) is 51.4 Å². The Morgan fingerprint density at radius 3 is 2.63 bits per heavy atom. The first-order valence-electron chi connectivity index (χ1n) is 12.6. The molecule has 4 heterocycles. The van der Waals surface area contributed by atoms with Crippen LogP contribution in [0.1, 0.15) is 45.4 Å². The lowest BCUT2D eigenvalue weighted by atomic mass is 9.75. The van der Waals surface area contributed by atoms with Crippen molar-refractivity contribution in [1.82, 2.24) is 19.7 Å². The van der Waals surface area contributed by atoms with Gasteiger partial charge in [-0.25, -0.2) is 0 Å². The van der Waals surface area contributed by atoms with Crippen LogP contribution >= 0.6 is 0 Å². The number of ether oxygens (including phenoxy) is 1. The van der Waals surface area contributed by atoms with E-state index in [-0.39, 0.29) is 29.1 Å². The minimum atomic E-state index is -4.56. The fraction of sp³-hybridized carbons (Fsp3) is 0.393. The molecule has 0 radical (unpaired) electrons. The van der Waals surface area contributed by atoms with Crippen LogP contribution in [0.5, 0.6) is 0 Å².